The lowest BCUT2D eigenvalue weighted by Gasteiger charge is -2.13. The van der Waals surface area contributed by atoms with Crippen molar-refractivity contribution in [3.8, 4) is 5.75 Å². The van der Waals surface area contributed by atoms with Gasteiger partial charge in [0.25, 0.3) is 0 Å². The molecule has 0 spiro atoms. The summed E-state index contributed by atoms with van der Waals surface area (Å²) in [4.78, 5) is 4.26. The second-order valence-corrected chi connectivity index (χ2v) is 5.26. The highest BCUT2D eigenvalue weighted by molar-refractivity contribution is 9.10. The number of rotatable bonds is 3. The standard InChI is InChI=1S/C13H10BrClN4O/c1-20-12-8(14)3-2-4-9(12)17-10-7-11(15)18-19-6-5-16-13(10)19/h2-7,17H,1H3. The van der Waals surface area contributed by atoms with Crippen molar-refractivity contribution in [2.75, 3.05) is 12.4 Å². The molecule has 0 bridgehead atoms. The monoisotopic (exact) mass is 352 g/mol. The maximum Gasteiger partial charge on any atom is 0.177 e. The average Bonchev–Trinajstić information content (AvgIpc) is 2.87. The molecule has 0 atom stereocenters. The first kappa shape index (κ1) is 13.2. The van der Waals surface area contributed by atoms with Gasteiger partial charge in [-0.25, -0.2) is 9.50 Å². The summed E-state index contributed by atoms with van der Waals surface area (Å²) >= 11 is 9.46. The van der Waals surface area contributed by atoms with E-state index in [1.54, 1.807) is 30.1 Å². The van der Waals surface area contributed by atoms with E-state index in [0.29, 0.717) is 16.5 Å². The molecule has 0 radical (unpaired) electrons. The van der Waals surface area contributed by atoms with Crippen LogP contribution >= 0.6 is 27.5 Å². The van der Waals surface area contributed by atoms with Crippen molar-refractivity contribution in [1.82, 2.24) is 14.6 Å². The molecule has 0 aliphatic rings. The van der Waals surface area contributed by atoms with Crippen LogP contribution in [0.25, 0.3) is 5.65 Å². The molecule has 2 heterocycles. The fourth-order valence-corrected chi connectivity index (χ4v) is 2.66. The Morgan fingerprint density at radius 2 is 2.20 bits per heavy atom. The number of benzene rings is 1. The fraction of sp³-hybridized carbons (Fsp3) is 0.0769. The molecular weight excluding hydrogens is 344 g/mol. The minimum absolute atomic E-state index is 0.381. The van der Waals surface area contributed by atoms with E-state index in [1.165, 1.54) is 0 Å². The predicted molar refractivity (Wildman–Crippen MR) is 82.0 cm³/mol. The highest BCUT2D eigenvalue weighted by Crippen LogP contribution is 2.35. The number of methoxy groups -OCH3 is 1. The van der Waals surface area contributed by atoms with E-state index >= 15 is 0 Å². The highest BCUT2D eigenvalue weighted by Gasteiger charge is 2.11. The molecule has 1 aromatic carbocycles. The van der Waals surface area contributed by atoms with Gasteiger partial charge in [-0.2, -0.15) is 5.10 Å². The van der Waals surface area contributed by atoms with Gasteiger partial charge in [-0.15, -0.1) is 0 Å². The molecule has 102 valence electrons. The zero-order valence-corrected chi connectivity index (χ0v) is 12.8. The van der Waals surface area contributed by atoms with Crippen LogP contribution < -0.4 is 10.1 Å². The topological polar surface area (TPSA) is 51.5 Å². The second-order valence-electron chi connectivity index (χ2n) is 4.02. The Kier molecular flexibility index (Phi) is 3.50. The molecule has 0 amide bonds. The van der Waals surface area contributed by atoms with Crippen molar-refractivity contribution in [2.45, 2.75) is 0 Å². The molecular formula is C13H10BrClN4O. The number of anilines is 2. The molecule has 3 rings (SSSR count). The number of halogens is 2. The van der Waals surface area contributed by atoms with Crippen LogP contribution in [0.3, 0.4) is 0 Å². The summed E-state index contributed by atoms with van der Waals surface area (Å²) in [5.41, 5.74) is 2.26. The van der Waals surface area contributed by atoms with Gasteiger partial charge in [0.05, 0.1) is 23.0 Å². The van der Waals surface area contributed by atoms with E-state index < -0.39 is 0 Å². The third kappa shape index (κ3) is 2.32. The van der Waals surface area contributed by atoms with Crippen LogP contribution in [0.5, 0.6) is 5.75 Å². The van der Waals surface area contributed by atoms with Gasteiger partial charge in [-0.1, -0.05) is 17.7 Å². The van der Waals surface area contributed by atoms with Crippen molar-refractivity contribution in [1.29, 1.82) is 0 Å². The highest BCUT2D eigenvalue weighted by atomic mass is 79.9. The number of hydrogen-bond donors (Lipinski definition) is 1. The number of hydrogen-bond acceptors (Lipinski definition) is 4. The van der Waals surface area contributed by atoms with Crippen LogP contribution in [0.2, 0.25) is 5.15 Å². The maximum absolute atomic E-state index is 6.01. The Morgan fingerprint density at radius 1 is 1.35 bits per heavy atom. The zero-order valence-electron chi connectivity index (χ0n) is 10.5. The van der Waals surface area contributed by atoms with Crippen LogP contribution in [0.1, 0.15) is 0 Å². The normalized spacial score (nSPS) is 10.8. The summed E-state index contributed by atoms with van der Waals surface area (Å²) < 4.78 is 7.87. The van der Waals surface area contributed by atoms with Gasteiger partial charge >= 0.3 is 0 Å². The first-order chi connectivity index (χ1) is 9.69. The quantitative estimate of drug-likeness (QED) is 0.776. The summed E-state index contributed by atoms with van der Waals surface area (Å²) in [5, 5.41) is 7.79. The lowest BCUT2D eigenvalue weighted by molar-refractivity contribution is 0.414. The van der Waals surface area contributed by atoms with E-state index in [9.17, 15) is 0 Å². The Balaban J connectivity index is 2.10. The molecule has 3 aromatic rings. The Bertz CT molecular complexity index is 774. The molecule has 0 unspecified atom stereocenters. The first-order valence-electron chi connectivity index (χ1n) is 5.78. The number of nitrogens with zero attached hydrogens (tertiary/aromatic N) is 3. The van der Waals surface area contributed by atoms with Gasteiger partial charge < -0.3 is 10.1 Å². The summed E-state index contributed by atoms with van der Waals surface area (Å²) in [6.07, 6.45) is 3.41. The zero-order chi connectivity index (χ0) is 14.1. The largest absolute Gasteiger partial charge is 0.493 e. The van der Waals surface area contributed by atoms with Crippen molar-refractivity contribution in [2.24, 2.45) is 0 Å². The first-order valence-corrected chi connectivity index (χ1v) is 6.95. The van der Waals surface area contributed by atoms with Crippen molar-refractivity contribution >= 4 is 44.6 Å². The van der Waals surface area contributed by atoms with Crippen LogP contribution in [0, 0.1) is 0 Å². The summed E-state index contributed by atoms with van der Waals surface area (Å²) in [7, 11) is 1.62. The molecule has 20 heavy (non-hydrogen) atoms. The van der Waals surface area contributed by atoms with Gasteiger partial charge in [-0.05, 0) is 28.1 Å². The Morgan fingerprint density at radius 3 is 3.00 bits per heavy atom. The summed E-state index contributed by atoms with van der Waals surface area (Å²) in [6, 6.07) is 7.47. The molecule has 7 heteroatoms. The second kappa shape index (κ2) is 5.30. The molecule has 0 aliphatic heterocycles. The summed E-state index contributed by atoms with van der Waals surface area (Å²) in [6.45, 7) is 0. The van der Waals surface area contributed by atoms with Crippen molar-refractivity contribution in [3.05, 3.63) is 46.3 Å². The minimum Gasteiger partial charge on any atom is -0.493 e. The van der Waals surface area contributed by atoms with Crippen molar-refractivity contribution in [3.63, 3.8) is 0 Å². The number of nitrogens with one attached hydrogen (secondary N) is 1. The van der Waals surface area contributed by atoms with Gasteiger partial charge in [0.2, 0.25) is 0 Å². The number of aromatic nitrogens is 3. The molecule has 2 aromatic heterocycles. The molecule has 0 saturated heterocycles. The van der Waals surface area contributed by atoms with Crippen LogP contribution in [0.15, 0.2) is 41.1 Å². The molecule has 0 aliphatic carbocycles. The lowest BCUT2D eigenvalue weighted by Crippen LogP contribution is -2.00. The number of ether oxygens (including phenoxy) is 1. The average molecular weight is 354 g/mol. The Hall–Kier alpha value is -1.79. The van der Waals surface area contributed by atoms with E-state index in [4.69, 9.17) is 16.3 Å². The number of fused-ring (bicyclic) bond motifs is 1. The molecule has 1 N–H and O–H groups in total. The van der Waals surface area contributed by atoms with E-state index in [-0.39, 0.29) is 0 Å². The fourth-order valence-electron chi connectivity index (χ4n) is 1.94. The van der Waals surface area contributed by atoms with Gasteiger partial charge in [0.1, 0.15) is 0 Å². The van der Waals surface area contributed by atoms with E-state index in [0.717, 1.165) is 15.8 Å². The van der Waals surface area contributed by atoms with Crippen LogP contribution in [-0.4, -0.2) is 21.7 Å². The SMILES string of the molecule is COc1c(Br)cccc1Nc1cc(Cl)nn2ccnc12. The number of imidazole rings is 1. The van der Waals surface area contributed by atoms with Crippen molar-refractivity contribution < 1.29 is 4.74 Å². The summed E-state index contributed by atoms with van der Waals surface area (Å²) in [5.74, 6) is 0.713. The third-order valence-corrected chi connectivity index (χ3v) is 3.58. The van der Waals surface area contributed by atoms with Crippen LogP contribution in [-0.2, 0) is 0 Å². The van der Waals surface area contributed by atoms with Gasteiger partial charge in [0, 0.05) is 18.5 Å². The minimum atomic E-state index is 0.381. The van der Waals surface area contributed by atoms with E-state index in [2.05, 4.69) is 31.3 Å². The molecule has 0 saturated carbocycles. The van der Waals surface area contributed by atoms with E-state index in [1.807, 2.05) is 18.2 Å². The maximum atomic E-state index is 6.01. The van der Waals surface area contributed by atoms with Gasteiger partial charge in [0.15, 0.2) is 16.5 Å². The predicted octanol–water partition coefficient (Wildman–Crippen LogP) is 3.90. The molecule has 0 fully saturated rings. The third-order valence-electron chi connectivity index (χ3n) is 2.77. The van der Waals surface area contributed by atoms with Gasteiger partial charge in [-0.3, -0.25) is 0 Å². The lowest BCUT2D eigenvalue weighted by atomic mass is 10.3. The number of para-hydroxylation sites is 1. The van der Waals surface area contributed by atoms with Crippen LogP contribution in [0.4, 0.5) is 11.4 Å². The molecule has 5 nitrogen and oxygen atoms in total. The smallest absolute Gasteiger partial charge is 0.177 e. The Labute approximate surface area is 128 Å².